The molecule has 0 radical (unpaired) electrons. The average Bonchev–Trinajstić information content (AvgIpc) is 3.19. The number of hydrogen-bond donors (Lipinski definition) is 3. The van der Waals surface area contributed by atoms with Gasteiger partial charge in [0.25, 0.3) is 0 Å². The minimum atomic E-state index is -0.554. The van der Waals surface area contributed by atoms with Crippen LogP contribution in [0.15, 0.2) is 54.7 Å². The van der Waals surface area contributed by atoms with Crippen molar-refractivity contribution in [2.24, 2.45) is 0 Å². The fourth-order valence-electron chi connectivity index (χ4n) is 4.82. The van der Waals surface area contributed by atoms with Crippen LogP contribution < -0.4 is 10.1 Å². The summed E-state index contributed by atoms with van der Waals surface area (Å²) >= 11 is 0. The molecule has 3 aromatic rings. The van der Waals surface area contributed by atoms with Gasteiger partial charge in [0.15, 0.2) is 0 Å². The van der Waals surface area contributed by atoms with E-state index in [1.807, 2.05) is 12.1 Å². The number of aromatic amines is 1. The molecule has 3 N–H and O–H groups in total. The molecule has 166 valence electrons. The summed E-state index contributed by atoms with van der Waals surface area (Å²) in [5.41, 5.74) is 3.63. The molecule has 0 amide bonds. The molecule has 31 heavy (non-hydrogen) atoms. The molecule has 0 bridgehead atoms. The second-order valence-electron chi connectivity index (χ2n) is 9.64. The lowest BCUT2D eigenvalue weighted by molar-refractivity contribution is 0.0980. The molecule has 1 aromatic heterocycles. The lowest BCUT2D eigenvalue weighted by Crippen LogP contribution is -2.46. The van der Waals surface area contributed by atoms with Gasteiger partial charge in [0.2, 0.25) is 0 Å². The first-order valence-electron chi connectivity index (χ1n) is 11.7. The van der Waals surface area contributed by atoms with Crippen LogP contribution in [-0.4, -0.2) is 34.9 Å². The Kier molecular flexibility index (Phi) is 6.99. The van der Waals surface area contributed by atoms with Crippen LogP contribution in [0.4, 0.5) is 0 Å². The highest BCUT2D eigenvalue weighted by atomic mass is 16.5. The number of ether oxygens (including phenoxy) is 1. The molecular weight excluding hydrogens is 384 g/mol. The third-order valence-electron chi connectivity index (χ3n) is 6.52. The van der Waals surface area contributed by atoms with E-state index in [1.54, 1.807) is 0 Å². The Hall–Kier alpha value is -2.30. The molecule has 0 saturated heterocycles. The van der Waals surface area contributed by atoms with Crippen molar-refractivity contribution >= 4 is 10.9 Å². The number of nitrogens with one attached hydrogen (secondary N) is 2. The van der Waals surface area contributed by atoms with E-state index >= 15 is 0 Å². The van der Waals surface area contributed by atoms with Gasteiger partial charge in [-0.15, -0.1) is 0 Å². The topological polar surface area (TPSA) is 57.3 Å². The molecular formula is C27H36N2O2. The largest absolute Gasteiger partial charge is 0.491 e. The van der Waals surface area contributed by atoms with Crippen molar-refractivity contribution in [2.45, 2.75) is 69.9 Å². The van der Waals surface area contributed by atoms with Crippen molar-refractivity contribution < 1.29 is 9.84 Å². The number of fused-ring (bicyclic) bond motifs is 1. The Morgan fingerprint density at radius 3 is 2.65 bits per heavy atom. The van der Waals surface area contributed by atoms with E-state index in [4.69, 9.17) is 4.74 Å². The predicted octanol–water partition coefficient (Wildman–Crippen LogP) is 5.57. The first-order chi connectivity index (χ1) is 15.0. The van der Waals surface area contributed by atoms with Gasteiger partial charge in [-0.1, -0.05) is 55.7 Å². The second kappa shape index (κ2) is 9.88. The maximum atomic E-state index is 10.6. The van der Waals surface area contributed by atoms with E-state index < -0.39 is 6.10 Å². The third kappa shape index (κ3) is 5.69. The van der Waals surface area contributed by atoms with E-state index in [2.05, 4.69) is 66.7 Å². The number of para-hydroxylation sites is 2. The molecule has 1 saturated carbocycles. The van der Waals surface area contributed by atoms with Gasteiger partial charge in [0, 0.05) is 29.2 Å². The van der Waals surface area contributed by atoms with Crippen LogP contribution in [0.5, 0.6) is 5.75 Å². The number of aliphatic hydroxyl groups excluding tert-OH is 1. The molecule has 0 aliphatic heterocycles. The molecule has 1 aliphatic rings. The van der Waals surface area contributed by atoms with Crippen LogP contribution in [0, 0.1) is 0 Å². The zero-order valence-corrected chi connectivity index (χ0v) is 18.9. The van der Waals surface area contributed by atoms with E-state index in [0.29, 0.717) is 19.1 Å². The van der Waals surface area contributed by atoms with Crippen molar-refractivity contribution in [2.75, 3.05) is 13.2 Å². The van der Waals surface area contributed by atoms with E-state index in [1.165, 1.54) is 54.1 Å². The Balaban J connectivity index is 1.29. The molecule has 1 aliphatic carbocycles. The van der Waals surface area contributed by atoms with Crippen molar-refractivity contribution in [3.05, 3.63) is 65.9 Å². The van der Waals surface area contributed by atoms with Crippen molar-refractivity contribution in [1.29, 1.82) is 0 Å². The van der Waals surface area contributed by atoms with Gasteiger partial charge in [-0.25, -0.2) is 0 Å². The number of aromatic nitrogens is 1. The highest BCUT2D eigenvalue weighted by molar-refractivity contribution is 5.83. The number of H-pyrrole nitrogens is 1. The van der Waals surface area contributed by atoms with Gasteiger partial charge >= 0.3 is 0 Å². The summed E-state index contributed by atoms with van der Waals surface area (Å²) in [6.07, 6.45) is 8.86. The maximum Gasteiger partial charge on any atom is 0.122 e. The van der Waals surface area contributed by atoms with Crippen LogP contribution in [0.3, 0.4) is 0 Å². The molecule has 2 aromatic carbocycles. The average molecular weight is 421 g/mol. The number of benzene rings is 2. The number of hydrogen-bond acceptors (Lipinski definition) is 3. The van der Waals surface area contributed by atoms with E-state index in [-0.39, 0.29) is 5.54 Å². The Labute approximate surface area is 186 Å². The summed E-state index contributed by atoms with van der Waals surface area (Å²) in [5, 5.41) is 15.4. The van der Waals surface area contributed by atoms with Crippen molar-refractivity contribution in [3.8, 4) is 5.75 Å². The lowest BCUT2D eigenvalue weighted by Gasteiger charge is -2.28. The monoisotopic (exact) mass is 420 g/mol. The van der Waals surface area contributed by atoms with Gasteiger partial charge < -0.3 is 20.1 Å². The number of rotatable bonds is 9. The summed E-state index contributed by atoms with van der Waals surface area (Å²) in [7, 11) is 0. The highest BCUT2D eigenvalue weighted by Gasteiger charge is 2.22. The zero-order valence-electron chi connectivity index (χ0n) is 18.9. The normalized spacial score (nSPS) is 16.5. The third-order valence-corrected chi connectivity index (χ3v) is 6.52. The fraction of sp³-hybridized carbons (Fsp3) is 0.481. The molecule has 1 heterocycles. The van der Waals surface area contributed by atoms with Crippen LogP contribution >= 0.6 is 0 Å². The first-order valence-corrected chi connectivity index (χ1v) is 11.7. The fourth-order valence-corrected chi connectivity index (χ4v) is 4.82. The Morgan fingerprint density at radius 2 is 1.81 bits per heavy atom. The maximum absolute atomic E-state index is 10.6. The van der Waals surface area contributed by atoms with Gasteiger partial charge in [-0.05, 0) is 62.3 Å². The standard InChI is InChI=1S/C27H36N2O2/c1-27(2,16-21-17-28-25-14-8-6-12-23(21)25)29-18-22(30)19-31-26-15-9-7-13-24(26)20-10-4-3-5-11-20/h6-9,12-15,17,20,22,28-30H,3-5,10-11,16,18-19H2,1-2H3. The van der Waals surface area contributed by atoms with Crippen LogP contribution in [0.1, 0.15) is 63.0 Å². The zero-order chi connectivity index (χ0) is 21.7. The molecule has 4 rings (SSSR count). The van der Waals surface area contributed by atoms with Crippen molar-refractivity contribution in [1.82, 2.24) is 10.3 Å². The lowest BCUT2D eigenvalue weighted by atomic mass is 9.84. The summed E-state index contributed by atoms with van der Waals surface area (Å²) < 4.78 is 6.09. The van der Waals surface area contributed by atoms with Gasteiger partial charge in [0.1, 0.15) is 18.5 Å². The van der Waals surface area contributed by atoms with Gasteiger partial charge in [-0.3, -0.25) is 0 Å². The quantitative estimate of drug-likeness (QED) is 0.424. The van der Waals surface area contributed by atoms with Gasteiger partial charge in [-0.2, -0.15) is 0 Å². The van der Waals surface area contributed by atoms with Gasteiger partial charge in [0.05, 0.1) is 0 Å². The molecule has 4 nitrogen and oxygen atoms in total. The molecule has 1 unspecified atom stereocenters. The molecule has 1 fully saturated rings. The second-order valence-corrected chi connectivity index (χ2v) is 9.64. The van der Waals surface area contributed by atoms with E-state index in [0.717, 1.165) is 12.2 Å². The molecule has 4 heteroatoms. The van der Waals surface area contributed by atoms with Crippen molar-refractivity contribution in [3.63, 3.8) is 0 Å². The first kappa shape index (κ1) is 21.9. The van der Waals surface area contributed by atoms with E-state index in [9.17, 15) is 5.11 Å². The minimum absolute atomic E-state index is 0.133. The highest BCUT2D eigenvalue weighted by Crippen LogP contribution is 2.37. The minimum Gasteiger partial charge on any atom is -0.491 e. The van der Waals surface area contributed by atoms with Crippen LogP contribution in [0.2, 0.25) is 0 Å². The summed E-state index contributed by atoms with van der Waals surface area (Å²) in [6, 6.07) is 16.8. The predicted molar refractivity (Wildman–Crippen MR) is 128 cm³/mol. The molecule has 1 atom stereocenters. The Bertz CT molecular complexity index is 972. The Morgan fingerprint density at radius 1 is 1.06 bits per heavy atom. The number of aliphatic hydroxyl groups is 1. The SMILES string of the molecule is CC(C)(Cc1c[nH]c2ccccc12)NCC(O)COc1ccccc1C1CCCCC1. The summed E-state index contributed by atoms with van der Waals surface area (Å²) in [5.74, 6) is 1.53. The van der Waals surface area contributed by atoms with Crippen LogP contribution in [-0.2, 0) is 6.42 Å². The summed E-state index contributed by atoms with van der Waals surface area (Å²) in [4.78, 5) is 3.35. The summed E-state index contributed by atoms with van der Waals surface area (Å²) in [6.45, 7) is 5.17. The molecule has 0 spiro atoms. The smallest absolute Gasteiger partial charge is 0.122 e. The van der Waals surface area contributed by atoms with Crippen LogP contribution in [0.25, 0.3) is 10.9 Å². The number of β-amino-alcohol motifs (C(OH)–C–C–N with tert-alkyl or cyclic N) is 1.